The van der Waals surface area contributed by atoms with Gasteiger partial charge in [-0.1, -0.05) is 13.8 Å². The Morgan fingerprint density at radius 3 is 2.72 bits per heavy atom. The second-order valence-corrected chi connectivity index (χ2v) is 7.31. The average Bonchev–Trinajstić information content (AvgIpc) is 2.91. The van der Waals surface area contributed by atoms with E-state index in [1.807, 2.05) is 6.92 Å². The number of aromatic nitrogens is 2. The fourth-order valence-electron chi connectivity index (χ4n) is 3.88. The molecular formula is C17H24N4O4. The monoisotopic (exact) mass is 348 g/mol. The van der Waals surface area contributed by atoms with Gasteiger partial charge < -0.3 is 10.4 Å². The zero-order chi connectivity index (χ0) is 18.4. The summed E-state index contributed by atoms with van der Waals surface area (Å²) in [6, 6.07) is 1.17. The highest BCUT2D eigenvalue weighted by molar-refractivity contribution is 6.00. The fraction of sp³-hybridized carbons (Fsp3) is 0.647. The SMILES string of the molecule is CCn1nccc1N1CCCC(NC(=O)[C@@H]2[C@H](C(=O)O)C2(C)C)C1=O. The standard InChI is InChI=1S/C17H24N4O4/c1-4-21-11(7-8-18-21)20-9-5-6-10(15(20)23)19-14(22)12-13(16(24)25)17(12,2)3/h7-8,10,12-13H,4-6,9H2,1-3H3,(H,19,22)(H,24,25)/t10?,12-,13+/m0/s1. The number of carbonyl (C=O) groups excluding carboxylic acids is 2. The topological polar surface area (TPSA) is 105 Å². The first-order valence-electron chi connectivity index (χ1n) is 8.65. The van der Waals surface area contributed by atoms with E-state index in [9.17, 15) is 19.5 Å². The zero-order valence-electron chi connectivity index (χ0n) is 14.7. The lowest BCUT2D eigenvalue weighted by atomic mass is 10.0. The molecular weight excluding hydrogens is 324 g/mol. The summed E-state index contributed by atoms with van der Waals surface area (Å²) in [6.07, 6.45) is 2.98. The Bertz CT molecular complexity index is 711. The first-order chi connectivity index (χ1) is 11.8. The quantitative estimate of drug-likeness (QED) is 0.822. The Morgan fingerprint density at radius 2 is 2.12 bits per heavy atom. The summed E-state index contributed by atoms with van der Waals surface area (Å²) >= 11 is 0. The Hall–Kier alpha value is -2.38. The van der Waals surface area contributed by atoms with Gasteiger partial charge in [0.2, 0.25) is 5.91 Å². The lowest BCUT2D eigenvalue weighted by Gasteiger charge is -2.32. The number of amides is 2. The maximum atomic E-state index is 12.8. The first kappa shape index (κ1) is 17.4. The molecule has 0 spiro atoms. The van der Waals surface area contributed by atoms with Crippen LogP contribution < -0.4 is 10.2 Å². The van der Waals surface area contributed by atoms with E-state index in [1.54, 1.807) is 35.7 Å². The third-order valence-corrected chi connectivity index (χ3v) is 5.40. The van der Waals surface area contributed by atoms with Crippen LogP contribution in [0.4, 0.5) is 5.82 Å². The number of rotatable bonds is 5. The van der Waals surface area contributed by atoms with E-state index >= 15 is 0 Å². The molecule has 2 fully saturated rings. The molecule has 3 rings (SSSR count). The van der Waals surface area contributed by atoms with Crippen LogP contribution in [0, 0.1) is 17.3 Å². The normalized spacial score (nSPS) is 27.9. The summed E-state index contributed by atoms with van der Waals surface area (Å²) in [5, 5.41) is 16.2. The average molecular weight is 348 g/mol. The summed E-state index contributed by atoms with van der Waals surface area (Å²) in [6.45, 7) is 6.73. The smallest absolute Gasteiger partial charge is 0.307 e. The summed E-state index contributed by atoms with van der Waals surface area (Å²) in [5.74, 6) is -2.03. The van der Waals surface area contributed by atoms with Crippen LogP contribution in [0.2, 0.25) is 0 Å². The van der Waals surface area contributed by atoms with E-state index in [4.69, 9.17) is 0 Å². The molecule has 25 heavy (non-hydrogen) atoms. The number of nitrogens with one attached hydrogen (secondary N) is 1. The Labute approximate surface area is 146 Å². The molecule has 1 aromatic rings. The minimum atomic E-state index is -0.964. The minimum absolute atomic E-state index is 0.167. The maximum absolute atomic E-state index is 12.8. The van der Waals surface area contributed by atoms with Crippen molar-refractivity contribution in [2.45, 2.75) is 46.2 Å². The molecule has 0 aromatic carbocycles. The third kappa shape index (κ3) is 2.89. The van der Waals surface area contributed by atoms with Crippen LogP contribution >= 0.6 is 0 Å². The lowest BCUT2D eigenvalue weighted by Crippen LogP contribution is -2.53. The lowest BCUT2D eigenvalue weighted by molar-refractivity contribution is -0.140. The number of aliphatic carboxylic acids is 1. The first-order valence-corrected chi connectivity index (χ1v) is 8.65. The van der Waals surface area contributed by atoms with Crippen molar-refractivity contribution < 1.29 is 19.5 Å². The zero-order valence-corrected chi connectivity index (χ0v) is 14.7. The second-order valence-electron chi connectivity index (χ2n) is 7.31. The number of hydrogen-bond acceptors (Lipinski definition) is 4. The molecule has 2 N–H and O–H groups in total. The van der Waals surface area contributed by atoms with Crippen LogP contribution in [-0.2, 0) is 20.9 Å². The highest BCUT2D eigenvalue weighted by atomic mass is 16.4. The van der Waals surface area contributed by atoms with Gasteiger partial charge in [0.15, 0.2) is 0 Å². The number of piperidine rings is 1. The second kappa shape index (κ2) is 6.16. The van der Waals surface area contributed by atoms with E-state index < -0.39 is 29.3 Å². The van der Waals surface area contributed by atoms with E-state index in [0.717, 1.165) is 12.2 Å². The van der Waals surface area contributed by atoms with Crippen molar-refractivity contribution in [3.8, 4) is 0 Å². The molecule has 1 saturated carbocycles. The summed E-state index contributed by atoms with van der Waals surface area (Å²) in [5.41, 5.74) is -0.575. The van der Waals surface area contributed by atoms with Crippen molar-refractivity contribution in [2.24, 2.45) is 17.3 Å². The van der Waals surface area contributed by atoms with Crippen molar-refractivity contribution in [3.63, 3.8) is 0 Å². The van der Waals surface area contributed by atoms with E-state index in [-0.39, 0.29) is 11.8 Å². The summed E-state index contributed by atoms with van der Waals surface area (Å²) in [4.78, 5) is 38.2. The highest BCUT2D eigenvalue weighted by Crippen LogP contribution is 2.58. The van der Waals surface area contributed by atoms with Crippen LogP contribution in [0.15, 0.2) is 12.3 Å². The van der Waals surface area contributed by atoms with E-state index in [2.05, 4.69) is 10.4 Å². The van der Waals surface area contributed by atoms with E-state index in [1.165, 1.54) is 0 Å². The van der Waals surface area contributed by atoms with Gasteiger partial charge in [-0.2, -0.15) is 5.10 Å². The molecule has 0 bridgehead atoms. The summed E-state index contributed by atoms with van der Waals surface area (Å²) < 4.78 is 1.74. The van der Waals surface area contributed by atoms with Crippen molar-refractivity contribution in [3.05, 3.63) is 12.3 Å². The molecule has 2 aliphatic rings. The molecule has 1 aliphatic carbocycles. The molecule has 1 saturated heterocycles. The van der Waals surface area contributed by atoms with Gasteiger partial charge in [0.1, 0.15) is 11.9 Å². The summed E-state index contributed by atoms with van der Waals surface area (Å²) in [7, 11) is 0. The van der Waals surface area contributed by atoms with Crippen molar-refractivity contribution >= 4 is 23.6 Å². The Morgan fingerprint density at radius 1 is 1.40 bits per heavy atom. The van der Waals surface area contributed by atoms with Gasteiger partial charge in [0.25, 0.3) is 5.91 Å². The molecule has 8 heteroatoms. The van der Waals surface area contributed by atoms with Crippen LogP contribution in [0.1, 0.15) is 33.6 Å². The van der Waals surface area contributed by atoms with Crippen LogP contribution in [0.5, 0.6) is 0 Å². The van der Waals surface area contributed by atoms with Gasteiger partial charge >= 0.3 is 5.97 Å². The molecule has 1 aliphatic heterocycles. The molecule has 136 valence electrons. The van der Waals surface area contributed by atoms with Crippen LogP contribution in [0.25, 0.3) is 0 Å². The largest absolute Gasteiger partial charge is 0.481 e. The minimum Gasteiger partial charge on any atom is -0.481 e. The maximum Gasteiger partial charge on any atom is 0.307 e. The fourth-order valence-corrected chi connectivity index (χ4v) is 3.88. The Balaban J connectivity index is 1.70. The van der Waals surface area contributed by atoms with Gasteiger partial charge in [-0.05, 0) is 25.2 Å². The van der Waals surface area contributed by atoms with Gasteiger partial charge in [0.05, 0.1) is 18.0 Å². The number of hydrogen-bond donors (Lipinski definition) is 2. The molecule has 0 radical (unpaired) electrons. The Kier molecular flexibility index (Phi) is 4.30. The molecule has 2 amide bonds. The van der Waals surface area contributed by atoms with Crippen molar-refractivity contribution in [2.75, 3.05) is 11.4 Å². The van der Waals surface area contributed by atoms with Gasteiger partial charge in [-0.15, -0.1) is 0 Å². The predicted molar refractivity (Wildman–Crippen MR) is 89.8 cm³/mol. The number of carboxylic acid groups (broad SMARTS) is 1. The van der Waals surface area contributed by atoms with Crippen LogP contribution in [-0.4, -0.2) is 45.3 Å². The molecule has 3 atom stereocenters. The molecule has 1 aromatic heterocycles. The van der Waals surface area contributed by atoms with Gasteiger partial charge in [0, 0.05) is 19.2 Å². The van der Waals surface area contributed by atoms with E-state index in [0.29, 0.717) is 19.5 Å². The predicted octanol–water partition coefficient (Wildman–Crippen LogP) is 0.871. The molecule has 8 nitrogen and oxygen atoms in total. The number of anilines is 1. The van der Waals surface area contributed by atoms with Gasteiger partial charge in [-0.3, -0.25) is 19.3 Å². The van der Waals surface area contributed by atoms with Crippen molar-refractivity contribution in [1.82, 2.24) is 15.1 Å². The van der Waals surface area contributed by atoms with Gasteiger partial charge in [-0.25, -0.2) is 4.68 Å². The van der Waals surface area contributed by atoms with Crippen molar-refractivity contribution in [1.29, 1.82) is 0 Å². The number of aryl methyl sites for hydroxylation is 1. The number of carbonyl (C=O) groups is 3. The molecule has 1 unspecified atom stereocenters. The number of nitrogens with zero attached hydrogens (tertiary/aromatic N) is 3. The third-order valence-electron chi connectivity index (χ3n) is 5.40. The van der Waals surface area contributed by atoms with Crippen LogP contribution in [0.3, 0.4) is 0 Å². The number of carboxylic acids is 1. The highest BCUT2D eigenvalue weighted by Gasteiger charge is 2.66. The molecule has 2 heterocycles.